The van der Waals surface area contributed by atoms with E-state index in [4.69, 9.17) is 8.83 Å². The fourth-order valence-corrected chi connectivity index (χ4v) is 1.57. The fourth-order valence-electron chi connectivity index (χ4n) is 0.779. The van der Waals surface area contributed by atoms with E-state index >= 15 is 0 Å². The van der Waals surface area contributed by atoms with Crippen LogP contribution in [-0.4, -0.2) is 0 Å². The quantitative estimate of drug-likeness (QED) is 0.728. The minimum atomic E-state index is 0.541. The van der Waals surface area contributed by atoms with E-state index in [1.807, 2.05) is 12.1 Å². The number of hydrogen-bond acceptors (Lipinski definition) is 2. The molecule has 0 aromatic carbocycles. The van der Waals surface area contributed by atoms with Gasteiger partial charge in [-0.1, -0.05) is 0 Å². The van der Waals surface area contributed by atoms with Gasteiger partial charge in [0.25, 0.3) is 5.78 Å². The molecule has 0 amide bonds. The smallest absolute Gasteiger partial charge is 0.299 e. The number of hydrogen-bond donors (Lipinski definition) is 0. The van der Waals surface area contributed by atoms with Crippen LogP contribution in [0.2, 0.25) is 0 Å². The van der Waals surface area contributed by atoms with E-state index in [1.165, 1.54) is 0 Å². The summed E-state index contributed by atoms with van der Waals surface area (Å²) in [5.41, 5.74) is 0. The van der Waals surface area contributed by atoms with Crippen LogP contribution in [0.4, 0.5) is 0 Å². The Bertz CT molecular complexity index is 298. The van der Waals surface area contributed by atoms with E-state index in [2.05, 4.69) is 31.9 Å². The zero-order valence-electron chi connectivity index (χ0n) is 4.73. The second-order valence-electron chi connectivity index (χ2n) is 1.84. The molecule has 2 heterocycles. The van der Waals surface area contributed by atoms with Gasteiger partial charge in [0.2, 0.25) is 0 Å². The van der Waals surface area contributed by atoms with Crippen LogP contribution in [0.3, 0.4) is 0 Å². The molecule has 2 aromatic heterocycles. The molecule has 0 bridgehead atoms. The fraction of sp³-hybridized carbons (Fsp3) is 0. The van der Waals surface area contributed by atoms with Crippen LogP contribution in [0.5, 0.6) is 0 Å². The maximum absolute atomic E-state index is 5.11. The highest BCUT2D eigenvalue weighted by Crippen LogP contribution is 2.28. The summed E-state index contributed by atoms with van der Waals surface area (Å²) >= 11 is 6.37. The first-order valence-corrected chi connectivity index (χ1v) is 4.19. The number of fused-ring (bicyclic) bond motifs is 1. The molecule has 4 heteroatoms. The van der Waals surface area contributed by atoms with Crippen molar-refractivity contribution in [1.29, 1.82) is 0 Å². The lowest BCUT2D eigenvalue weighted by Gasteiger charge is -1.75. The van der Waals surface area contributed by atoms with Crippen LogP contribution in [0, 0.1) is 0 Å². The molecule has 2 aromatic rings. The van der Waals surface area contributed by atoms with Crippen LogP contribution in [0.1, 0.15) is 0 Å². The van der Waals surface area contributed by atoms with E-state index in [0.29, 0.717) is 15.1 Å². The van der Waals surface area contributed by atoms with Gasteiger partial charge in [0.1, 0.15) is 0 Å². The summed E-state index contributed by atoms with van der Waals surface area (Å²) in [4.78, 5) is 0. The van der Waals surface area contributed by atoms with Gasteiger partial charge in [0, 0.05) is 12.1 Å². The minimum absolute atomic E-state index is 0.541. The molecule has 0 unspecified atom stereocenters. The van der Waals surface area contributed by atoms with Crippen LogP contribution < -0.4 is 0 Å². The van der Waals surface area contributed by atoms with Crippen molar-refractivity contribution in [2.24, 2.45) is 0 Å². The molecule has 2 nitrogen and oxygen atoms in total. The van der Waals surface area contributed by atoms with E-state index in [9.17, 15) is 0 Å². The molecule has 0 fully saturated rings. The molecule has 0 aliphatic heterocycles. The lowest BCUT2D eigenvalue weighted by molar-refractivity contribution is 0.453. The summed E-state index contributed by atoms with van der Waals surface area (Å²) in [5.74, 6) is 0.541. The first-order chi connectivity index (χ1) is 4.75. The first-order valence-electron chi connectivity index (χ1n) is 2.60. The first kappa shape index (κ1) is 6.49. The van der Waals surface area contributed by atoms with Gasteiger partial charge in [0.15, 0.2) is 9.34 Å². The third-order valence-electron chi connectivity index (χ3n) is 1.15. The predicted molar refractivity (Wildman–Crippen MR) is 43.9 cm³/mol. The molecule has 0 spiro atoms. The standard InChI is InChI=1S/C6H2Br2O2/c7-4-1-3-2-5(8)10-6(3)9-4/h1-2H. The summed E-state index contributed by atoms with van der Waals surface area (Å²) < 4.78 is 11.6. The lowest BCUT2D eigenvalue weighted by atomic mass is 10.4. The van der Waals surface area contributed by atoms with Gasteiger partial charge in [-0.3, -0.25) is 0 Å². The Labute approximate surface area is 73.4 Å². The molecular formula is C6H2Br2O2. The monoisotopic (exact) mass is 264 g/mol. The Kier molecular flexibility index (Phi) is 1.38. The van der Waals surface area contributed by atoms with Crippen LogP contribution in [-0.2, 0) is 0 Å². The lowest BCUT2D eigenvalue weighted by Crippen LogP contribution is -1.45. The molecule has 0 aliphatic carbocycles. The minimum Gasteiger partial charge on any atom is -0.418 e. The molecule has 0 radical (unpaired) electrons. The van der Waals surface area contributed by atoms with Crippen molar-refractivity contribution in [2.45, 2.75) is 0 Å². The third kappa shape index (κ3) is 0.914. The van der Waals surface area contributed by atoms with Crippen molar-refractivity contribution in [3.05, 3.63) is 21.5 Å². The van der Waals surface area contributed by atoms with Crippen molar-refractivity contribution in [2.75, 3.05) is 0 Å². The third-order valence-corrected chi connectivity index (χ3v) is 1.94. The summed E-state index contributed by atoms with van der Waals surface area (Å²) in [6.45, 7) is 0. The molecule has 0 saturated carbocycles. The average molecular weight is 266 g/mol. The maximum atomic E-state index is 5.11. The Morgan fingerprint density at radius 2 is 1.50 bits per heavy atom. The van der Waals surface area contributed by atoms with Crippen LogP contribution >= 0.6 is 31.9 Å². The SMILES string of the molecule is Brc1cc2cc(Br)oc2o1. The number of furan rings is 2. The van der Waals surface area contributed by atoms with Crippen LogP contribution in [0.15, 0.2) is 30.3 Å². The van der Waals surface area contributed by atoms with Gasteiger partial charge in [-0.15, -0.1) is 0 Å². The molecule has 0 aliphatic rings. The number of rotatable bonds is 0. The highest BCUT2D eigenvalue weighted by atomic mass is 79.9. The topological polar surface area (TPSA) is 26.3 Å². The van der Waals surface area contributed by atoms with E-state index in [1.54, 1.807) is 0 Å². The largest absolute Gasteiger partial charge is 0.418 e. The van der Waals surface area contributed by atoms with Gasteiger partial charge in [-0.05, 0) is 31.9 Å². The molecular weight excluding hydrogens is 264 g/mol. The van der Waals surface area contributed by atoms with E-state index < -0.39 is 0 Å². The summed E-state index contributed by atoms with van der Waals surface area (Å²) in [6.07, 6.45) is 0. The van der Waals surface area contributed by atoms with Crippen LogP contribution in [0.25, 0.3) is 11.2 Å². The highest BCUT2D eigenvalue weighted by molar-refractivity contribution is 9.10. The molecule has 2 rings (SSSR count). The Hall–Kier alpha value is -0.220. The molecule has 52 valence electrons. The van der Waals surface area contributed by atoms with Crippen molar-refractivity contribution in [3.8, 4) is 0 Å². The second-order valence-corrected chi connectivity index (χ2v) is 3.41. The van der Waals surface area contributed by atoms with Crippen molar-refractivity contribution in [1.82, 2.24) is 0 Å². The second kappa shape index (κ2) is 2.13. The zero-order chi connectivity index (χ0) is 7.14. The Morgan fingerprint density at radius 3 is 1.90 bits per heavy atom. The highest BCUT2D eigenvalue weighted by Gasteiger charge is 2.05. The molecule has 0 N–H and O–H groups in total. The van der Waals surface area contributed by atoms with Crippen molar-refractivity contribution >= 4 is 43.0 Å². The zero-order valence-corrected chi connectivity index (χ0v) is 7.90. The van der Waals surface area contributed by atoms with E-state index in [-0.39, 0.29) is 0 Å². The van der Waals surface area contributed by atoms with Crippen molar-refractivity contribution in [3.63, 3.8) is 0 Å². The molecule has 10 heavy (non-hydrogen) atoms. The van der Waals surface area contributed by atoms with Gasteiger partial charge >= 0.3 is 0 Å². The van der Waals surface area contributed by atoms with Gasteiger partial charge in [-0.25, -0.2) is 0 Å². The van der Waals surface area contributed by atoms with Gasteiger partial charge < -0.3 is 8.83 Å². The normalized spacial score (nSPS) is 11.0. The van der Waals surface area contributed by atoms with Gasteiger partial charge in [0.05, 0.1) is 5.39 Å². The summed E-state index contributed by atoms with van der Waals surface area (Å²) in [5, 5.41) is 0.957. The predicted octanol–water partition coefficient (Wildman–Crippen LogP) is 3.55. The van der Waals surface area contributed by atoms with Gasteiger partial charge in [-0.2, -0.15) is 0 Å². The molecule has 0 saturated heterocycles. The Balaban J connectivity index is 2.83. The Morgan fingerprint density at radius 1 is 1.00 bits per heavy atom. The average Bonchev–Trinajstić information content (AvgIpc) is 2.21. The van der Waals surface area contributed by atoms with E-state index in [0.717, 1.165) is 5.39 Å². The summed E-state index contributed by atoms with van der Waals surface area (Å²) in [6, 6.07) is 3.70. The number of halogens is 2. The molecule has 0 atom stereocenters. The van der Waals surface area contributed by atoms with Crippen molar-refractivity contribution < 1.29 is 8.83 Å². The summed E-state index contributed by atoms with van der Waals surface area (Å²) in [7, 11) is 0. The maximum Gasteiger partial charge on any atom is 0.299 e.